The minimum atomic E-state index is -0.582. The molecule has 0 spiro atoms. The number of nitrogens with zero attached hydrogens (tertiary/aromatic N) is 1. The maximum absolute atomic E-state index is 11.4. The number of carbonyl (C=O) groups is 2. The molecular formula is C8H15N3O3. The van der Waals surface area contributed by atoms with Gasteiger partial charge in [0.05, 0.1) is 13.2 Å². The van der Waals surface area contributed by atoms with Gasteiger partial charge in [-0.15, -0.1) is 0 Å². The Hall–Kier alpha value is -1.14. The van der Waals surface area contributed by atoms with E-state index in [9.17, 15) is 9.59 Å². The summed E-state index contributed by atoms with van der Waals surface area (Å²) in [6, 6.07) is -0.582. The standard InChI is InChI=1S/C8H15N3O3/c1-2-7(12)11-3-4-14-5-6(11)8(13)10-9/h6H,2-5,9H2,1H3,(H,10,13). The average Bonchev–Trinajstić information content (AvgIpc) is 2.27. The highest BCUT2D eigenvalue weighted by molar-refractivity contribution is 5.87. The van der Waals surface area contributed by atoms with Crippen LogP contribution in [0.2, 0.25) is 0 Å². The van der Waals surface area contributed by atoms with E-state index in [0.29, 0.717) is 19.6 Å². The Labute approximate surface area is 82.3 Å². The molecule has 1 aliphatic rings. The summed E-state index contributed by atoms with van der Waals surface area (Å²) in [6.07, 6.45) is 0.383. The van der Waals surface area contributed by atoms with Gasteiger partial charge < -0.3 is 9.64 Å². The van der Waals surface area contributed by atoms with Crippen LogP contribution in [-0.4, -0.2) is 42.5 Å². The van der Waals surface area contributed by atoms with Gasteiger partial charge in [-0.25, -0.2) is 5.84 Å². The van der Waals surface area contributed by atoms with Crippen LogP contribution in [0.25, 0.3) is 0 Å². The van der Waals surface area contributed by atoms with Gasteiger partial charge in [-0.1, -0.05) is 6.92 Å². The van der Waals surface area contributed by atoms with Crippen molar-refractivity contribution in [2.45, 2.75) is 19.4 Å². The molecule has 0 aromatic carbocycles. The molecule has 1 unspecified atom stereocenters. The maximum atomic E-state index is 11.4. The lowest BCUT2D eigenvalue weighted by Crippen LogP contribution is -2.56. The van der Waals surface area contributed by atoms with Crippen molar-refractivity contribution >= 4 is 11.8 Å². The zero-order valence-corrected chi connectivity index (χ0v) is 8.16. The number of rotatable bonds is 2. The number of ether oxygens (including phenoxy) is 1. The summed E-state index contributed by atoms with van der Waals surface area (Å²) in [6.45, 7) is 2.90. The molecule has 1 atom stereocenters. The molecule has 6 nitrogen and oxygen atoms in total. The van der Waals surface area contributed by atoms with Gasteiger partial charge >= 0.3 is 0 Å². The van der Waals surface area contributed by atoms with E-state index in [4.69, 9.17) is 10.6 Å². The van der Waals surface area contributed by atoms with Crippen LogP contribution in [0.15, 0.2) is 0 Å². The third kappa shape index (κ3) is 2.21. The van der Waals surface area contributed by atoms with Crippen LogP contribution in [0.5, 0.6) is 0 Å². The van der Waals surface area contributed by atoms with Crippen molar-refractivity contribution in [2.24, 2.45) is 5.84 Å². The third-order valence-electron chi connectivity index (χ3n) is 2.20. The molecule has 3 N–H and O–H groups in total. The molecule has 1 heterocycles. The van der Waals surface area contributed by atoms with Crippen molar-refractivity contribution in [1.29, 1.82) is 0 Å². The lowest BCUT2D eigenvalue weighted by atomic mass is 10.2. The highest BCUT2D eigenvalue weighted by Crippen LogP contribution is 2.08. The van der Waals surface area contributed by atoms with Crippen LogP contribution in [0.1, 0.15) is 13.3 Å². The molecule has 0 radical (unpaired) electrons. The van der Waals surface area contributed by atoms with Gasteiger partial charge in [0, 0.05) is 13.0 Å². The van der Waals surface area contributed by atoms with Crippen LogP contribution in [-0.2, 0) is 14.3 Å². The third-order valence-corrected chi connectivity index (χ3v) is 2.20. The second kappa shape index (κ2) is 4.92. The van der Waals surface area contributed by atoms with E-state index in [-0.39, 0.29) is 18.4 Å². The Bertz CT molecular complexity index is 208. The van der Waals surface area contributed by atoms with Crippen molar-refractivity contribution < 1.29 is 14.3 Å². The van der Waals surface area contributed by atoms with E-state index in [1.54, 1.807) is 6.92 Å². The summed E-state index contributed by atoms with van der Waals surface area (Å²) in [5.41, 5.74) is 2.03. The first kappa shape index (κ1) is 10.9. The molecule has 2 amide bonds. The minimum Gasteiger partial charge on any atom is -0.377 e. The Morgan fingerprint density at radius 1 is 1.64 bits per heavy atom. The molecular weight excluding hydrogens is 186 g/mol. The lowest BCUT2D eigenvalue weighted by Gasteiger charge is -2.33. The largest absolute Gasteiger partial charge is 0.377 e. The van der Waals surface area contributed by atoms with Crippen molar-refractivity contribution in [1.82, 2.24) is 10.3 Å². The quantitative estimate of drug-likeness (QED) is 0.327. The van der Waals surface area contributed by atoms with E-state index in [2.05, 4.69) is 0 Å². The summed E-state index contributed by atoms with van der Waals surface area (Å²) in [4.78, 5) is 24.2. The summed E-state index contributed by atoms with van der Waals surface area (Å²) in [7, 11) is 0. The van der Waals surface area contributed by atoms with Crippen molar-refractivity contribution in [3.63, 3.8) is 0 Å². The Balaban J connectivity index is 2.68. The molecule has 1 fully saturated rings. The van der Waals surface area contributed by atoms with Crippen molar-refractivity contribution in [3.8, 4) is 0 Å². The molecule has 0 aromatic rings. The first-order valence-electron chi connectivity index (χ1n) is 4.58. The molecule has 0 aromatic heterocycles. The van der Waals surface area contributed by atoms with Crippen molar-refractivity contribution in [3.05, 3.63) is 0 Å². The number of hydrogen-bond acceptors (Lipinski definition) is 4. The van der Waals surface area contributed by atoms with E-state index in [1.807, 2.05) is 5.43 Å². The molecule has 0 saturated carbocycles. The Morgan fingerprint density at radius 3 is 2.93 bits per heavy atom. The summed E-state index contributed by atoms with van der Waals surface area (Å²) in [5.74, 6) is 4.58. The molecule has 1 aliphatic heterocycles. The number of carbonyl (C=O) groups excluding carboxylic acids is 2. The van der Waals surface area contributed by atoms with Gasteiger partial charge in [0.2, 0.25) is 5.91 Å². The highest BCUT2D eigenvalue weighted by atomic mass is 16.5. The minimum absolute atomic E-state index is 0.0538. The first-order valence-corrected chi connectivity index (χ1v) is 4.58. The highest BCUT2D eigenvalue weighted by Gasteiger charge is 2.31. The van der Waals surface area contributed by atoms with Crippen LogP contribution < -0.4 is 11.3 Å². The maximum Gasteiger partial charge on any atom is 0.259 e. The van der Waals surface area contributed by atoms with Crippen LogP contribution >= 0.6 is 0 Å². The van der Waals surface area contributed by atoms with Gasteiger partial charge in [0.25, 0.3) is 5.91 Å². The number of amides is 2. The average molecular weight is 201 g/mol. The van der Waals surface area contributed by atoms with Gasteiger partial charge in [-0.2, -0.15) is 0 Å². The SMILES string of the molecule is CCC(=O)N1CCOCC1C(=O)NN. The first-order chi connectivity index (χ1) is 6.70. The van der Waals surface area contributed by atoms with Gasteiger partial charge in [-0.3, -0.25) is 15.0 Å². The molecule has 0 bridgehead atoms. The predicted octanol–water partition coefficient (Wildman–Crippen LogP) is -1.39. The molecule has 80 valence electrons. The van der Waals surface area contributed by atoms with Crippen LogP contribution in [0, 0.1) is 0 Å². The molecule has 14 heavy (non-hydrogen) atoms. The van der Waals surface area contributed by atoms with Crippen LogP contribution in [0.3, 0.4) is 0 Å². The molecule has 0 aliphatic carbocycles. The second-order valence-electron chi connectivity index (χ2n) is 3.04. The fourth-order valence-corrected chi connectivity index (χ4v) is 1.42. The van der Waals surface area contributed by atoms with E-state index >= 15 is 0 Å². The zero-order valence-electron chi connectivity index (χ0n) is 8.16. The summed E-state index contributed by atoms with van der Waals surface area (Å²) < 4.78 is 5.12. The van der Waals surface area contributed by atoms with Gasteiger partial charge in [-0.05, 0) is 0 Å². The number of hydrogen-bond donors (Lipinski definition) is 2. The summed E-state index contributed by atoms with van der Waals surface area (Å²) in [5, 5.41) is 0. The lowest BCUT2D eigenvalue weighted by molar-refractivity contribution is -0.148. The molecule has 1 rings (SSSR count). The number of nitrogens with one attached hydrogen (secondary N) is 1. The monoisotopic (exact) mass is 201 g/mol. The number of hydrazine groups is 1. The molecule has 6 heteroatoms. The van der Waals surface area contributed by atoms with Crippen LogP contribution in [0.4, 0.5) is 0 Å². The Morgan fingerprint density at radius 2 is 2.36 bits per heavy atom. The van der Waals surface area contributed by atoms with Gasteiger partial charge in [0.15, 0.2) is 0 Å². The fourth-order valence-electron chi connectivity index (χ4n) is 1.42. The Kier molecular flexibility index (Phi) is 3.84. The van der Waals surface area contributed by atoms with E-state index in [1.165, 1.54) is 4.90 Å². The topological polar surface area (TPSA) is 84.7 Å². The van der Waals surface area contributed by atoms with E-state index < -0.39 is 6.04 Å². The van der Waals surface area contributed by atoms with Gasteiger partial charge in [0.1, 0.15) is 6.04 Å². The second-order valence-corrected chi connectivity index (χ2v) is 3.04. The fraction of sp³-hybridized carbons (Fsp3) is 0.750. The smallest absolute Gasteiger partial charge is 0.259 e. The predicted molar refractivity (Wildman–Crippen MR) is 48.9 cm³/mol. The molecule has 1 saturated heterocycles. The number of nitrogens with two attached hydrogens (primary N) is 1. The normalized spacial score (nSPS) is 21.9. The van der Waals surface area contributed by atoms with E-state index in [0.717, 1.165) is 0 Å². The number of morpholine rings is 1. The van der Waals surface area contributed by atoms with Crippen molar-refractivity contribution in [2.75, 3.05) is 19.8 Å². The zero-order chi connectivity index (χ0) is 10.6. The summed E-state index contributed by atoms with van der Waals surface area (Å²) >= 11 is 0.